The van der Waals surface area contributed by atoms with E-state index in [1.807, 2.05) is 6.07 Å². The van der Waals surface area contributed by atoms with Gasteiger partial charge in [-0.3, -0.25) is 38.9 Å². The van der Waals surface area contributed by atoms with E-state index in [1.54, 1.807) is 72.7 Å². The van der Waals surface area contributed by atoms with E-state index in [0.717, 1.165) is 16.0 Å². The standard InChI is InChI=1S/C41H40N12O7S/c1-2-61(59,60)51-22-41(23-51,14-15-42)52-21-25(20-44-52)34-30-11-16-43-35(30)49-40(48-34)46-26-5-3-24(4-6-26)36(55)45-27-12-17-50(18-13-27)28-7-8-29-31(19-28)39(58)53(38(29)57)32-9-10-33(54)47-37(32)56/h3-8,11,16,19-21,27,32H,2,9-10,12-14,17-18,22-23H2,1H3,(H,45,55)(H,47,54,56)(H2,43,46,48,49). The summed E-state index contributed by atoms with van der Waals surface area (Å²) >= 11 is 0. The predicted octanol–water partition coefficient (Wildman–Crippen LogP) is 2.64. The van der Waals surface area contributed by atoms with Gasteiger partial charge in [0.15, 0.2) is 0 Å². The van der Waals surface area contributed by atoms with Crippen molar-refractivity contribution in [2.24, 2.45) is 0 Å². The molecule has 0 spiro atoms. The van der Waals surface area contributed by atoms with Crippen molar-refractivity contribution < 1.29 is 32.4 Å². The van der Waals surface area contributed by atoms with Crippen molar-refractivity contribution >= 4 is 67.9 Å². The Bertz CT molecular complexity index is 2780. The maximum atomic E-state index is 13.3. The topological polar surface area (TPSA) is 248 Å². The number of sulfonamides is 1. The fraction of sp³-hybridized carbons (Fsp3) is 0.341. The van der Waals surface area contributed by atoms with Crippen LogP contribution in [-0.2, 0) is 25.2 Å². The molecule has 7 heterocycles. The molecule has 20 heteroatoms. The summed E-state index contributed by atoms with van der Waals surface area (Å²) in [5.41, 5.74) is 3.37. The number of hydrogen-bond donors (Lipinski definition) is 4. The third-order valence-electron chi connectivity index (χ3n) is 11.9. The number of nitriles is 1. The number of nitrogens with one attached hydrogen (secondary N) is 4. The zero-order chi connectivity index (χ0) is 42.6. The zero-order valence-corrected chi connectivity index (χ0v) is 33.7. The second-order valence-corrected chi connectivity index (χ2v) is 17.9. The molecule has 19 nitrogen and oxygen atoms in total. The largest absolute Gasteiger partial charge is 0.371 e. The summed E-state index contributed by atoms with van der Waals surface area (Å²) in [6.45, 7) is 3.10. The number of amides is 5. The fourth-order valence-corrected chi connectivity index (χ4v) is 9.68. The molecule has 1 atom stereocenters. The first-order valence-corrected chi connectivity index (χ1v) is 21.5. The van der Waals surface area contributed by atoms with Gasteiger partial charge in [-0.1, -0.05) is 0 Å². The van der Waals surface area contributed by atoms with Gasteiger partial charge in [0.1, 0.15) is 17.2 Å². The molecule has 3 fully saturated rings. The van der Waals surface area contributed by atoms with Crippen LogP contribution in [0.3, 0.4) is 0 Å². The van der Waals surface area contributed by atoms with Gasteiger partial charge in [-0.25, -0.2) is 13.4 Å². The Hall–Kier alpha value is -6.98. The molecule has 9 rings (SSSR count). The first-order chi connectivity index (χ1) is 29.4. The first-order valence-electron chi connectivity index (χ1n) is 19.9. The molecule has 3 aromatic heterocycles. The minimum Gasteiger partial charge on any atom is -0.371 e. The summed E-state index contributed by atoms with van der Waals surface area (Å²) in [5.74, 6) is -2.13. The number of piperidine rings is 2. The molecule has 5 aromatic rings. The number of anilines is 3. The second-order valence-electron chi connectivity index (χ2n) is 15.7. The molecule has 4 aliphatic heterocycles. The number of hydrogen-bond acceptors (Lipinski definition) is 13. The molecule has 4 aliphatic rings. The van der Waals surface area contributed by atoms with Crippen LogP contribution in [-0.4, -0.2) is 116 Å². The number of aromatic amines is 1. The van der Waals surface area contributed by atoms with E-state index in [0.29, 0.717) is 60.0 Å². The van der Waals surface area contributed by atoms with Gasteiger partial charge in [-0.05, 0) is 74.7 Å². The number of rotatable bonds is 11. The maximum Gasteiger partial charge on any atom is 0.262 e. The third kappa shape index (κ3) is 7.14. The summed E-state index contributed by atoms with van der Waals surface area (Å²) in [6.07, 6.45) is 6.71. The second kappa shape index (κ2) is 15.2. The van der Waals surface area contributed by atoms with Crippen LogP contribution < -0.4 is 20.9 Å². The van der Waals surface area contributed by atoms with Crippen LogP contribution in [0.15, 0.2) is 67.1 Å². The van der Waals surface area contributed by atoms with E-state index in [4.69, 9.17) is 4.98 Å². The summed E-state index contributed by atoms with van der Waals surface area (Å²) in [6, 6.07) is 14.9. The lowest BCUT2D eigenvalue weighted by atomic mass is 9.89. The van der Waals surface area contributed by atoms with E-state index in [2.05, 4.69) is 42.0 Å². The molecule has 0 radical (unpaired) electrons. The highest BCUT2D eigenvalue weighted by molar-refractivity contribution is 7.89. The van der Waals surface area contributed by atoms with E-state index in [1.165, 1.54) is 4.31 Å². The minimum atomic E-state index is -3.40. The fourth-order valence-electron chi connectivity index (χ4n) is 8.44. The number of H-pyrrole nitrogens is 1. The van der Waals surface area contributed by atoms with Gasteiger partial charge in [0, 0.05) is 78.9 Å². The molecule has 0 saturated carbocycles. The molecular formula is C41H40N12O7S. The van der Waals surface area contributed by atoms with Crippen molar-refractivity contribution in [1.82, 2.24) is 44.6 Å². The van der Waals surface area contributed by atoms with E-state index >= 15 is 0 Å². The van der Waals surface area contributed by atoms with Crippen LogP contribution in [0.2, 0.25) is 0 Å². The molecule has 5 amide bonds. The van der Waals surface area contributed by atoms with Gasteiger partial charge in [0.2, 0.25) is 27.8 Å². The monoisotopic (exact) mass is 844 g/mol. The van der Waals surface area contributed by atoms with Crippen molar-refractivity contribution in [3.05, 3.63) is 83.8 Å². The quantitative estimate of drug-likeness (QED) is 0.140. The highest BCUT2D eigenvalue weighted by atomic mass is 32.2. The Labute approximate surface area is 349 Å². The highest BCUT2D eigenvalue weighted by Crippen LogP contribution is 2.37. The number of fused-ring (bicyclic) bond motifs is 2. The van der Waals surface area contributed by atoms with Crippen LogP contribution in [0.5, 0.6) is 0 Å². The van der Waals surface area contributed by atoms with Crippen LogP contribution in [0.1, 0.15) is 70.1 Å². The average molecular weight is 845 g/mol. The third-order valence-corrected chi connectivity index (χ3v) is 13.7. The SMILES string of the molecule is CCS(=O)(=O)N1CC(CC#N)(n2cc(-c3nc(Nc4ccc(C(=O)NC5CCN(c6ccc7c(c6)C(=O)N(C6CCC(=O)NC6=O)C7=O)CC5)cc4)nc4[nH]ccc34)cn2)C1. The van der Waals surface area contributed by atoms with Gasteiger partial charge >= 0.3 is 0 Å². The van der Waals surface area contributed by atoms with E-state index < -0.39 is 45.2 Å². The average Bonchev–Trinajstić information content (AvgIpc) is 3.98. The van der Waals surface area contributed by atoms with Gasteiger partial charge in [0.25, 0.3) is 17.7 Å². The molecular weight excluding hydrogens is 805 g/mol. The number of nitrogens with zero attached hydrogens (tertiary/aromatic N) is 8. The Balaban J connectivity index is 0.819. The number of imide groups is 2. The van der Waals surface area contributed by atoms with Crippen molar-refractivity contribution in [2.45, 2.75) is 56.7 Å². The van der Waals surface area contributed by atoms with E-state index in [9.17, 15) is 37.7 Å². The van der Waals surface area contributed by atoms with Crippen LogP contribution in [0.4, 0.5) is 17.3 Å². The highest BCUT2D eigenvalue weighted by Gasteiger charge is 2.50. The summed E-state index contributed by atoms with van der Waals surface area (Å²) in [4.78, 5) is 79.4. The molecule has 3 saturated heterocycles. The minimum absolute atomic E-state index is 0.0204. The van der Waals surface area contributed by atoms with Crippen LogP contribution >= 0.6 is 0 Å². The molecule has 0 bridgehead atoms. The van der Waals surface area contributed by atoms with Crippen LogP contribution in [0, 0.1) is 11.3 Å². The van der Waals surface area contributed by atoms with Crippen molar-refractivity contribution in [3.8, 4) is 17.3 Å². The Morgan fingerprint density at radius 1 is 0.984 bits per heavy atom. The lowest BCUT2D eigenvalue weighted by Crippen LogP contribution is -2.64. The smallest absolute Gasteiger partial charge is 0.262 e. The van der Waals surface area contributed by atoms with Gasteiger partial charge in [0.05, 0.1) is 41.3 Å². The van der Waals surface area contributed by atoms with Gasteiger partial charge in [-0.15, -0.1) is 0 Å². The number of carbonyl (C=O) groups excluding carboxylic acids is 5. The Morgan fingerprint density at radius 3 is 2.46 bits per heavy atom. The molecule has 2 aromatic carbocycles. The number of carbonyl (C=O) groups is 5. The van der Waals surface area contributed by atoms with Crippen molar-refractivity contribution in [3.63, 3.8) is 0 Å². The normalized spacial score (nSPS) is 19.4. The summed E-state index contributed by atoms with van der Waals surface area (Å²) in [7, 11) is -3.40. The van der Waals surface area contributed by atoms with Crippen LogP contribution in [0.25, 0.3) is 22.3 Å². The van der Waals surface area contributed by atoms with E-state index in [-0.39, 0.29) is 61.2 Å². The van der Waals surface area contributed by atoms with Crippen molar-refractivity contribution in [1.29, 1.82) is 5.26 Å². The molecule has 0 aliphatic carbocycles. The molecule has 1 unspecified atom stereocenters. The summed E-state index contributed by atoms with van der Waals surface area (Å²) in [5, 5.41) is 23.4. The predicted molar refractivity (Wildman–Crippen MR) is 220 cm³/mol. The lowest BCUT2D eigenvalue weighted by molar-refractivity contribution is -0.136. The van der Waals surface area contributed by atoms with Gasteiger partial charge in [-0.2, -0.15) is 19.6 Å². The van der Waals surface area contributed by atoms with Crippen molar-refractivity contribution in [2.75, 3.05) is 42.1 Å². The lowest BCUT2D eigenvalue weighted by Gasteiger charge is -2.47. The Morgan fingerprint density at radius 2 is 1.74 bits per heavy atom. The first kappa shape index (κ1) is 39.5. The molecule has 61 heavy (non-hydrogen) atoms. The molecule has 4 N–H and O–H groups in total. The number of aromatic nitrogens is 5. The summed E-state index contributed by atoms with van der Waals surface area (Å²) < 4.78 is 27.9. The zero-order valence-electron chi connectivity index (χ0n) is 32.9. The maximum absolute atomic E-state index is 13.3. The van der Waals surface area contributed by atoms with Gasteiger partial charge < -0.3 is 20.5 Å². The molecule has 312 valence electrons. The number of benzene rings is 2. The Kier molecular flexibility index (Phi) is 9.87.